The summed E-state index contributed by atoms with van der Waals surface area (Å²) in [4.78, 5) is 4.68. The first-order chi connectivity index (χ1) is 10.8. The molecule has 0 saturated heterocycles. The Bertz CT molecular complexity index is 273. The van der Waals surface area contributed by atoms with Crippen molar-refractivity contribution in [1.82, 2.24) is 0 Å². The van der Waals surface area contributed by atoms with E-state index >= 15 is 0 Å². The largest absolute Gasteiger partial charge is 0.379 e. The van der Waals surface area contributed by atoms with E-state index in [1.807, 2.05) is 0 Å². The molecule has 0 unspecified atom stereocenters. The molecule has 0 spiro atoms. The Morgan fingerprint density at radius 2 is 1.41 bits per heavy atom. The van der Waals surface area contributed by atoms with Crippen LogP contribution in [0, 0.1) is 0 Å². The van der Waals surface area contributed by atoms with Crippen LogP contribution in [0.3, 0.4) is 0 Å². The number of aliphatic imine (C=N–C) groups is 1. The van der Waals surface area contributed by atoms with E-state index in [2.05, 4.69) is 11.9 Å². The van der Waals surface area contributed by atoms with Crippen molar-refractivity contribution in [3.63, 3.8) is 0 Å². The molecule has 1 aliphatic rings. The van der Waals surface area contributed by atoms with Crippen molar-refractivity contribution in [2.24, 2.45) is 10.7 Å². The van der Waals surface area contributed by atoms with Crippen LogP contribution in [0.4, 0.5) is 0 Å². The Morgan fingerprint density at radius 3 is 2.00 bits per heavy atom. The lowest BCUT2D eigenvalue weighted by molar-refractivity contribution is 0.444. The van der Waals surface area contributed by atoms with Crippen molar-refractivity contribution in [2.75, 3.05) is 5.75 Å². The van der Waals surface area contributed by atoms with Gasteiger partial charge in [0.05, 0.1) is 6.04 Å². The molecule has 0 aromatic carbocycles. The van der Waals surface area contributed by atoms with Crippen molar-refractivity contribution in [3.05, 3.63) is 0 Å². The minimum absolute atomic E-state index is 0.522. The molecule has 0 atom stereocenters. The van der Waals surface area contributed by atoms with Crippen molar-refractivity contribution < 1.29 is 0 Å². The molecule has 0 amide bonds. The van der Waals surface area contributed by atoms with Gasteiger partial charge in [-0.05, 0) is 19.3 Å². The number of nitrogens with zero attached hydrogens (tertiary/aromatic N) is 1. The Morgan fingerprint density at radius 1 is 0.864 bits per heavy atom. The van der Waals surface area contributed by atoms with Crippen LogP contribution < -0.4 is 5.73 Å². The zero-order valence-corrected chi connectivity index (χ0v) is 15.6. The first-order valence-corrected chi connectivity index (χ1v) is 10.8. The van der Waals surface area contributed by atoms with Crippen molar-refractivity contribution in [3.8, 4) is 0 Å². The normalized spacial score (nSPS) is 17.0. The lowest BCUT2D eigenvalue weighted by atomic mass is 9.96. The van der Waals surface area contributed by atoms with Crippen LogP contribution in [0.1, 0.15) is 103 Å². The second-order valence-electron chi connectivity index (χ2n) is 6.79. The molecular formula is C19H38N2S. The molecule has 130 valence electrons. The topological polar surface area (TPSA) is 38.4 Å². The molecule has 0 bridgehead atoms. The standard InChI is InChI=1S/C19H38N2S/c1-2-3-4-5-6-7-8-9-10-14-17-22-19(20)21-18-15-12-11-13-16-18/h18H,2-17H2,1H3,(H2,20,21). The van der Waals surface area contributed by atoms with Gasteiger partial charge < -0.3 is 5.73 Å². The highest BCUT2D eigenvalue weighted by Gasteiger charge is 2.12. The van der Waals surface area contributed by atoms with E-state index < -0.39 is 0 Å². The minimum atomic E-state index is 0.522. The predicted octanol–water partition coefficient (Wildman–Crippen LogP) is 6.29. The van der Waals surface area contributed by atoms with Crippen LogP contribution in [0.25, 0.3) is 0 Å². The van der Waals surface area contributed by atoms with Gasteiger partial charge in [-0.3, -0.25) is 4.99 Å². The first kappa shape index (κ1) is 19.9. The average Bonchev–Trinajstić information content (AvgIpc) is 2.53. The third-order valence-electron chi connectivity index (χ3n) is 4.63. The summed E-state index contributed by atoms with van der Waals surface area (Å²) in [5.41, 5.74) is 6.04. The number of nitrogens with two attached hydrogens (primary N) is 1. The van der Waals surface area contributed by atoms with Crippen LogP contribution in [0.2, 0.25) is 0 Å². The van der Waals surface area contributed by atoms with E-state index in [1.165, 1.54) is 96.3 Å². The van der Waals surface area contributed by atoms with Gasteiger partial charge in [-0.25, -0.2) is 0 Å². The van der Waals surface area contributed by atoms with Crippen LogP contribution in [-0.4, -0.2) is 17.0 Å². The van der Waals surface area contributed by atoms with Gasteiger partial charge in [0, 0.05) is 5.75 Å². The van der Waals surface area contributed by atoms with Gasteiger partial charge in [0.1, 0.15) is 0 Å². The summed E-state index contributed by atoms with van der Waals surface area (Å²) in [5, 5.41) is 0.836. The van der Waals surface area contributed by atoms with Crippen LogP contribution >= 0.6 is 11.8 Å². The third-order valence-corrected chi connectivity index (χ3v) is 5.53. The summed E-state index contributed by atoms with van der Waals surface area (Å²) in [6.45, 7) is 2.28. The van der Waals surface area contributed by atoms with Gasteiger partial charge in [0.2, 0.25) is 0 Å². The van der Waals surface area contributed by atoms with E-state index in [4.69, 9.17) is 5.73 Å². The fourth-order valence-corrected chi connectivity index (χ4v) is 3.97. The highest BCUT2D eigenvalue weighted by Crippen LogP contribution is 2.21. The molecule has 1 saturated carbocycles. The van der Waals surface area contributed by atoms with Crippen LogP contribution in [-0.2, 0) is 0 Å². The summed E-state index contributed by atoms with van der Waals surface area (Å²) in [6, 6.07) is 0.522. The van der Waals surface area contributed by atoms with E-state index in [0.717, 1.165) is 10.9 Å². The van der Waals surface area contributed by atoms with Gasteiger partial charge in [-0.2, -0.15) is 0 Å². The number of hydrogen-bond donors (Lipinski definition) is 1. The summed E-state index contributed by atoms with van der Waals surface area (Å²) in [6.07, 6.45) is 20.6. The van der Waals surface area contributed by atoms with Gasteiger partial charge in [0.15, 0.2) is 5.17 Å². The van der Waals surface area contributed by atoms with Crippen molar-refractivity contribution in [2.45, 2.75) is 109 Å². The molecule has 0 radical (unpaired) electrons. The van der Waals surface area contributed by atoms with Crippen LogP contribution in [0.15, 0.2) is 4.99 Å². The highest BCUT2D eigenvalue weighted by atomic mass is 32.2. The second-order valence-corrected chi connectivity index (χ2v) is 7.90. The summed E-state index contributed by atoms with van der Waals surface area (Å²) < 4.78 is 0. The molecule has 2 nitrogen and oxygen atoms in total. The number of amidine groups is 1. The maximum Gasteiger partial charge on any atom is 0.154 e. The number of unbranched alkanes of at least 4 members (excludes halogenated alkanes) is 9. The summed E-state index contributed by atoms with van der Waals surface area (Å²) in [5.74, 6) is 1.15. The van der Waals surface area contributed by atoms with Gasteiger partial charge >= 0.3 is 0 Å². The van der Waals surface area contributed by atoms with Gasteiger partial charge in [0.25, 0.3) is 0 Å². The quantitative estimate of drug-likeness (QED) is 0.260. The number of thioether (sulfide) groups is 1. The van der Waals surface area contributed by atoms with Crippen molar-refractivity contribution in [1.29, 1.82) is 0 Å². The molecule has 0 aromatic heterocycles. The van der Waals surface area contributed by atoms with E-state index in [-0.39, 0.29) is 0 Å². The molecular weight excluding hydrogens is 288 g/mol. The molecule has 0 aromatic rings. The summed E-state index contributed by atoms with van der Waals surface area (Å²) in [7, 11) is 0. The lowest BCUT2D eigenvalue weighted by Crippen LogP contribution is -2.16. The average molecular weight is 327 g/mol. The predicted molar refractivity (Wildman–Crippen MR) is 103 cm³/mol. The van der Waals surface area contributed by atoms with E-state index in [9.17, 15) is 0 Å². The third kappa shape index (κ3) is 11.4. The molecule has 1 fully saturated rings. The highest BCUT2D eigenvalue weighted by molar-refractivity contribution is 8.13. The van der Waals surface area contributed by atoms with E-state index in [1.54, 1.807) is 11.8 Å². The first-order valence-electron chi connectivity index (χ1n) is 9.79. The van der Waals surface area contributed by atoms with E-state index in [0.29, 0.717) is 6.04 Å². The Kier molecular flexibility index (Phi) is 13.0. The monoisotopic (exact) mass is 326 g/mol. The second kappa shape index (κ2) is 14.4. The zero-order chi connectivity index (χ0) is 15.9. The Labute approximate surface area is 143 Å². The number of rotatable bonds is 12. The molecule has 1 rings (SSSR count). The van der Waals surface area contributed by atoms with Crippen LogP contribution in [0.5, 0.6) is 0 Å². The SMILES string of the molecule is CCCCCCCCCCCCSC(N)=NC1CCCCC1. The molecule has 3 heteroatoms. The lowest BCUT2D eigenvalue weighted by Gasteiger charge is -2.18. The fourth-order valence-electron chi connectivity index (χ4n) is 3.19. The van der Waals surface area contributed by atoms with Gasteiger partial charge in [-0.15, -0.1) is 0 Å². The molecule has 0 heterocycles. The van der Waals surface area contributed by atoms with Gasteiger partial charge in [-0.1, -0.05) is 95.7 Å². The molecule has 2 N–H and O–H groups in total. The fraction of sp³-hybridized carbons (Fsp3) is 0.947. The maximum atomic E-state index is 6.04. The number of hydrogen-bond acceptors (Lipinski definition) is 2. The van der Waals surface area contributed by atoms with Crippen molar-refractivity contribution >= 4 is 16.9 Å². The smallest absolute Gasteiger partial charge is 0.154 e. The molecule has 1 aliphatic carbocycles. The summed E-state index contributed by atoms with van der Waals surface area (Å²) >= 11 is 1.78. The Balaban J connectivity index is 1.85. The Hall–Kier alpha value is -0.180. The minimum Gasteiger partial charge on any atom is -0.379 e. The molecule has 22 heavy (non-hydrogen) atoms. The molecule has 0 aliphatic heterocycles. The zero-order valence-electron chi connectivity index (χ0n) is 14.8. The maximum absolute atomic E-state index is 6.04.